The summed E-state index contributed by atoms with van der Waals surface area (Å²) in [5, 5.41) is 2.23. The smallest absolute Gasteiger partial charge is 0.143 e. The lowest BCUT2D eigenvalue weighted by molar-refractivity contribution is 0.1000. The summed E-state index contributed by atoms with van der Waals surface area (Å²) >= 11 is 13.5. The monoisotopic (exact) mass is 278 g/mol. The molecule has 0 aliphatic carbocycles. The van der Waals surface area contributed by atoms with Crippen LogP contribution in [0.5, 0.6) is 0 Å². The molecule has 0 spiro atoms. The van der Waals surface area contributed by atoms with E-state index in [1.54, 1.807) is 17.8 Å². The topological polar surface area (TPSA) is 48.1 Å². The molecule has 0 saturated carbocycles. The number of thioether (sulfide) groups is 1. The molecule has 0 amide bonds. The van der Waals surface area contributed by atoms with Gasteiger partial charge in [-0.05, 0) is 18.9 Å². The fourth-order valence-electron chi connectivity index (χ4n) is 1.50. The fraction of sp³-hybridized carbons (Fsp3) is 0.500. The molecule has 0 bridgehead atoms. The van der Waals surface area contributed by atoms with Crippen molar-refractivity contribution in [2.45, 2.75) is 23.1 Å². The van der Waals surface area contributed by atoms with Gasteiger partial charge in [-0.3, -0.25) is 0 Å². The highest BCUT2D eigenvalue weighted by molar-refractivity contribution is 8.00. The quantitative estimate of drug-likeness (QED) is 0.902. The van der Waals surface area contributed by atoms with E-state index in [0.29, 0.717) is 21.1 Å². The number of pyridine rings is 1. The Morgan fingerprint density at radius 3 is 2.69 bits per heavy atom. The van der Waals surface area contributed by atoms with Gasteiger partial charge in [-0.25, -0.2) is 4.98 Å². The molecule has 1 aromatic rings. The van der Waals surface area contributed by atoms with E-state index in [2.05, 4.69) is 4.98 Å². The summed E-state index contributed by atoms with van der Waals surface area (Å²) in [6, 6.07) is 1.65. The lowest BCUT2D eigenvalue weighted by atomic mass is 10.2. The second-order valence-electron chi connectivity index (χ2n) is 3.57. The molecule has 2 heterocycles. The van der Waals surface area contributed by atoms with Crippen LogP contribution >= 0.6 is 35.0 Å². The van der Waals surface area contributed by atoms with Crippen LogP contribution in [0.4, 0.5) is 5.82 Å². The summed E-state index contributed by atoms with van der Waals surface area (Å²) in [6.07, 6.45) is 2.04. The van der Waals surface area contributed by atoms with Crippen molar-refractivity contribution in [3.8, 4) is 0 Å². The van der Waals surface area contributed by atoms with Gasteiger partial charge >= 0.3 is 0 Å². The van der Waals surface area contributed by atoms with E-state index in [1.165, 1.54) is 0 Å². The number of hydrogen-bond donors (Lipinski definition) is 1. The molecule has 0 unspecified atom stereocenters. The average molecular weight is 279 g/mol. The van der Waals surface area contributed by atoms with Gasteiger partial charge in [-0.2, -0.15) is 0 Å². The molecule has 0 atom stereocenters. The van der Waals surface area contributed by atoms with Crippen molar-refractivity contribution in [1.29, 1.82) is 0 Å². The normalized spacial score (nSPS) is 17.6. The highest BCUT2D eigenvalue weighted by atomic mass is 35.5. The van der Waals surface area contributed by atoms with Crippen LogP contribution in [0.1, 0.15) is 12.8 Å². The van der Waals surface area contributed by atoms with Crippen LogP contribution in [0.15, 0.2) is 11.1 Å². The first-order valence-corrected chi connectivity index (χ1v) is 6.66. The van der Waals surface area contributed by atoms with Crippen LogP contribution in [0.25, 0.3) is 0 Å². The number of anilines is 1. The molecule has 6 heteroatoms. The highest BCUT2D eigenvalue weighted by Gasteiger charge is 2.18. The van der Waals surface area contributed by atoms with Gasteiger partial charge in [0.25, 0.3) is 0 Å². The Hall–Kier alpha value is -0.160. The minimum atomic E-state index is 0.334. The minimum absolute atomic E-state index is 0.334. The third-order valence-corrected chi connectivity index (χ3v) is 4.41. The first kappa shape index (κ1) is 12.3. The maximum Gasteiger partial charge on any atom is 0.143 e. The maximum absolute atomic E-state index is 6.07. The lowest BCUT2D eigenvalue weighted by Gasteiger charge is -2.21. The van der Waals surface area contributed by atoms with E-state index in [0.717, 1.165) is 31.1 Å². The summed E-state index contributed by atoms with van der Waals surface area (Å²) in [6.45, 7) is 1.61. The van der Waals surface area contributed by atoms with Crippen LogP contribution in [-0.2, 0) is 4.74 Å². The predicted octanol–water partition coefficient (Wildman–Crippen LogP) is 3.24. The van der Waals surface area contributed by atoms with Gasteiger partial charge in [-0.15, -0.1) is 11.8 Å². The Morgan fingerprint density at radius 1 is 1.31 bits per heavy atom. The zero-order chi connectivity index (χ0) is 11.5. The summed E-state index contributed by atoms with van der Waals surface area (Å²) in [5.41, 5.74) is 5.65. The second-order valence-corrected chi connectivity index (χ2v) is 5.68. The van der Waals surface area contributed by atoms with Crippen molar-refractivity contribution < 1.29 is 4.74 Å². The molecule has 0 aromatic carbocycles. The number of halogens is 2. The zero-order valence-corrected chi connectivity index (χ0v) is 10.9. The Bertz CT molecular complexity index is 383. The number of nitrogen functional groups attached to an aromatic ring is 1. The summed E-state index contributed by atoms with van der Waals surface area (Å²) in [7, 11) is 0. The molecule has 1 fully saturated rings. The number of nitrogens with two attached hydrogens (primary N) is 1. The molecule has 16 heavy (non-hydrogen) atoms. The van der Waals surface area contributed by atoms with Crippen molar-refractivity contribution in [2.24, 2.45) is 0 Å². The van der Waals surface area contributed by atoms with E-state index in [-0.39, 0.29) is 0 Å². The third-order valence-electron chi connectivity index (χ3n) is 2.37. The van der Waals surface area contributed by atoms with Crippen LogP contribution in [0.2, 0.25) is 10.0 Å². The van der Waals surface area contributed by atoms with E-state index < -0.39 is 0 Å². The van der Waals surface area contributed by atoms with E-state index in [1.807, 2.05) is 0 Å². The van der Waals surface area contributed by atoms with E-state index in [4.69, 9.17) is 33.7 Å². The number of hydrogen-bond acceptors (Lipinski definition) is 4. The van der Waals surface area contributed by atoms with Crippen molar-refractivity contribution >= 4 is 40.8 Å². The number of aromatic nitrogens is 1. The summed E-state index contributed by atoms with van der Waals surface area (Å²) in [4.78, 5) is 4.20. The number of nitrogens with zero attached hydrogens (tertiary/aromatic N) is 1. The second kappa shape index (κ2) is 5.45. The minimum Gasteiger partial charge on any atom is -0.382 e. The van der Waals surface area contributed by atoms with Gasteiger partial charge in [0.2, 0.25) is 0 Å². The SMILES string of the molecule is Nc1nc(SC2CCOCC2)c(Cl)cc1Cl. The fourth-order valence-corrected chi connectivity index (χ4v) is 3.06. The molecule has 3 nitrogen and oxygen atoms in total. The van der Waals surface area contributed by atoms with Crippen LogP contribution < -0.4 is 5.73 Å². The Balaban J connectivity index is 2.11. The van der Waals surface area contributed by atoms with Crippen molar-refractivity contribution in [3.63, 3.8) is 0 Å². The first-order valence-electron chi connectivity index (χ1n) is 5.02. The van der Waals surface area contributed by atoms with Gasteiger partial charge in [0.05, 0.1) is 10.0 Å². The number of rotatable bonds is 2. The van der Waals surface area contributed by atoms with Crippen molar-refractivity contribution in [1.82, 2.24) is 4.98 Å². The Morgan fingerprint density at radius 2 is 2.00 bits per heavy atom. The zero-order valence-electron chi connectivity index (χ0n) is 8.58. The van der Waals surface area contributed by atoms with Gasteiger partial charge < -0.3 is 10.5 Å². The van der Waals surface area contributed by atoms with Gasteiger partial charge in [0, 0.05) is 18.5 Å². The predicted molar refractivity (Wildman–Crippen MR) is 68.4 cm³/mol. The van der Waals surface area contributed by atoms with Crippen molar-refractivity contribution in [2.75, 3.05) is 18.9 Å². The van der Waals surface area contributed by atoms with Gasteiger partial charge in [0.15, 0.2) is 0 Å². The molecule has 2 N–H and O–H groups in total. The van der Waals surface area contributed by atoms with E-state index in [9.17, 15) is 0 Å². The van der Waals surface area contributed by atoms with Crippen molar-refractivity contribution in [3.05, 3.63) is 16.1 Å². The molecule has 1 aliphatic rings. The molecule has 1 aromatic heterocycles. The van der Waals surface area contributed by atoms with Crippen LogP contribution in [-0.4, -0.2) is 23.4 Å². The molecule has 1 aliphatic heterocycles. The van der Waals surface area contributed by atoms with Crippen LogP contribution in [0.3, 0.4) is 0 Å². The van der Waals surface area contributed by atoms with Gasteiger partial charge in [0.1, 0.15) is 10.8 Å². The highest BCUT2D eigenvalue weighted by Crippen LogP contribution is 2.35. The summed E-state index contributed by atoms with van der Waals surface area (Å²) in [5.74, 6) is 0.334. The molecular formula is C10H12Cl2N2OS. The Labute approximate surface area is 109 Å². The largest absolute Gasteiger partial charge is 0.382 e. The third kappa shape index (κ3) is 2.94. The van der Waals surface area contributed by atoms with E-state index >= 15 is 0 Å². The van der Waals surface area contributed by atoms with Crippen LogP contribution in [0, 0.1) is 0 Å². The standard InChI is InChI=1S/C10H12Cl2N2OS/c11-7-5-8(12)10(14-9(7)13)16-6-1-3-15-4-2-6/h5-6H,1-4H2,(H2,13,14). The molecule has 1 saturated heterocycles. The Kier molecular flexibility index (Phi) is 4.19. The van der Waals surface area contributed by atoms with Gasteiger partial charge in [-0.1, -0.05) is 23.2 Å². The lowest BCUT2D eigenvalue weighted by Crippen LogP contribution is -2.17. The molecule has 2 rings (SSSR count). The molecular weight excluding hydrogens is 267 g/mol. The summed E-state index contributed by atoms with van der Waals surface area (Å²) < 4.78 is 5.30. The molecule has 88 valence electrons. The first-order chi connectivity index (χ1) is 7.66. The maximum atomic E-state index is 6.07. The molecule has 0 radical (unpaired) electrons. The average Bonchev–Trinajstić information content (AvgIpc) is 2.27. The number of ether oxygens (including phenoxy) is 1.